The molecule has 0 radical (unpaired) electrons. The molecule has 3 nitrogen and oxygen atoms in total. The van der Waals surface area contributed by atoms with Gasteiger partial charge in [-0.1, -0.05) is 12.2 Å². The van der Waals surface area contributed by atoms with E-state index in [0.29, 0.717) is 17.8 Å². The summed E-state index contributed by atoms with van der Waals surface area (Å²) in [4.78, 5) is 0. The quantitative estimate of drug-likeness (QED) is 0.594. The third-order valence-corrected chi connectivity index (χ3v) is 8.75. The van der Waals surface area contributed by atoms with Crippen LogP contribution in [0, 0.1) is 35.5 Å². The summed E-state index contributed by atoms with van der Waals surface area (Å²) in [6, 6.07) is 0. The smallest absolute Gasteiger partial charge is 0.266 e. The van der Waals surface area contributed by atoms with Crippen LogP contribution in [0.5, 0.6) is 0 Å². The van der Waals surface area contributed by atoms with Crippen LogP contribution in [0.1, 0.15) is 44.9 Å². The Morgan fingerprint density at radius 1 is 0.810 bits per heavy atom. The summed E-state index contributed by atoms with van der Waals surface area (Å²) in [5, 5.41) is -0.260. The Morgan fingerprint density at radius 2 is 1.48 bits per heavy atom. The van der Waals surface area contributed by atoms with Crippen LogP contribution < -0.4 is 0 Å². The highest BCUT2D eigenvalue weighted by Crippen LogP contribution is 2.55. The van der Waals surface area contributed by atoms with Crippen molar-refractivity contribution in [3.05, 3.63) is 12.2 Å². The first-order valence-corrected chi connectivity index (χ1v) is 10.2. The van der Waals surface area contributed by atoms with Crippen molar-refractivity contribution in [3.8, 4) is 0 Å². The summed E-state index contributed by atoms with van der Waals surface area (Å²) in [6.07, 6.45) is 12.4. The maximum absolute atomic E-state index is 12.8. The average molecular weight is 308 g/mol. The van der Waals surface area contributed by atoms with E-state index < -0.39 is 10.1 Å². The second-order valence-corrected chi connectivity index (χ2v) is 10.1. The zero-order valence-corrected chi connectivity index (χ0v) is 13.2. The lowest BCUT2D eigenvalue weighted by Crippen LogP contribution is -2.50. The normalized spacial score (nSPS) is 53.7. The monoisotopic (exact) mass is 308 g/mol. The fraction of sp³-hybridized carbons (Fsp3) is 0.882. The Balaban J connectivity index is 1.36. The molecule has 0 amide bonds. The van der Waals surface area contributed by atoms with Gasteiger partial charge >= 0.3 is 0 Å². The van der Waals surface area contributed by atoms with Gasteiger partial charge in [-0.3, -0.25) is 4.18 Å². The Morgan fingerprint density at radius 3 is 2.00 bits per heavy atom. The van der Waals surface area contributed by atoms with Crippen molar-refractivity contribution in [1.82, 2.24) is 0 Å². The molecule has 116 valence electrons. The van der Waals surface area contributed by atoms with Gasteiger partial charge in [0.25, 0.3) is 10.1 Å². The molecule has 0 spiro atoms. The van der Waals surface area contributed by atoms with Gasteiger partial charge in [0.15, 0.2) is 0 Å². The third kappa shape index (κ3) is 1.98. The number of rotatable bonds is 3. The standard InChI is InChI=1S/C17H24O3S/c18-21(19,16-9-10-1-2-13(16)4-10)20-17-14-5-11-3-12(7-14)8-15(17)6-11/h1-2,10-17H,3-9H2. The number of hydrogen-bond acceptors (Lipinski definition) is 3. The first kappa shape index (κ1) is 13.1. The molecule has 4 heteroatoms. The minimum absolute atomic E-state index is 0.00547. The van der Waals surface area contributed by atoms with Gasteiger partial charge in [-0.05, 0) is 80.5 Å². The van der Waals surface area contributed by atoms with Gasteiger partial charge < -0.3 is 0 Å². The minimum Gasteiger partial charge on any atom is -0.266 e. The van der Waals surface area contributed by atoms with Gasteiger partial charge in [-0.15, -0.1) is 0 Å². The number of hydrogen-bond donors (Lipinski definition) is 0. The first-order valence-electron chi connectivity index (χ1n) is 8.69. The number of fused-ring (bicyclic) bond motifs is 2. The van der Waals surface area contributed by atoms with E-state index in [-0.39, 0.29) is 17.3 Å². The van der Waals surface area contributed by atoms with Crippen molar-refractivity contribution in [2.45, 2.75) is 56.3 Å². The summed E-state index contributed by atoms with van der Waals surface area (Å²) in [7, 11) is -3.39. The maximum Gasteiger partial charge on any atom is 0.271 e. The van der Waals surface area contributed by atoms with Crippen molar-refractivity contribution in [2.24, 2.45) is 35.5 Å². The lowest BCUT2D eigenvalue weighted by atomic mass is 9.55. The van der Waals surface area contributed by atoms with Crippen LogP contribution >= 0.6 is 0 Å². The zero-order valence-electron chi connectivity index (χ0n) is 12.4. The van der Waals surface area contributed by atoms with Crippen LogP contribution in [0.25, 0.3) is 0 Å². The molecule has 6 aliphatic carbocycles. The molecule has 0 N–H and O–H groups in total. The molecule has 0 saturated heterocycles. The summed E-state index contributed by atoms with van der Waals surface area (Å²) >= 11 is 0. The third-order valence-electron chi connectivity index (χ3n) is 6.97. The molecule has 3 unspecified atom stereocenters. The van der Waals surface area contributed by atoms with Crippen molar-refractivity contribution < 1.29 is 12.6 Å². The van der Waals surface area contributed by atoms with Gasteiger partial charge in [0, 0.05) is 0 Å². The van der Waals surface area contributed by atoms with E-state index in [0.717, 1.165) is 24.7 Å². The molecule has 5 saturated carbocycles. The van der Waals surface area contributed by atoms with Crippen molar-refractivity contribution >= 4 is 10.1 Å². The molecule has 0 aromatic heterocycles. The van der Waals surface area contributed by atoms with Crippen molar-refractivity contribution in [2.75, 3.05) is 0 Å². The van der Waals surface area contributed by atoms with E-state index in [4.69, 9.17) is 4.18 Å². The molecule has 5 fully saturated rings. The minimum atomic E-state index is -3.39. The molecular formula is C17H24O3S. The molecule has 6 aliphatic rings. The molecule has 6 bridgehead atoms. The van der Waals surface area contributed by atoms with Crippen LogP contribution in [-0.4, -0.2) is 19.8 Å². The van der Waals surface area contributed by atoms with Gasteiger partial charge in [-0.2, -0.15) is 8.42 Å². The number of allylic oxidation sites excluding steroid dienone is 2. The molecule has 21 heavy (non-hydrogen) atoms. The summed E-state index contributed by atoms with van der Waals surface area (Å²) in [5.74, 6) is 3.46. The van der Waals surface area contributed by atoms with E-state index in [9.17, 15) is 8.42 Å². The predicted molar refractivity (Wildman–Crippen MR) is 80.0 cm³/mol. The molecule has 0 aromatic carbocycles. The van der Waals surface area contributed by atoms with Crippen molar-refractivity contribution in [3.63, 3.8) is 0 Å². The lowest BCUT2D eigenvalue weighted by Gasteiger charge is -2.53. The van der Waals surface area contributed by atoms with E-state index >= 15 is 0 Å². The van der Waals surface area contributed by atoms with E-state index in [2.05, 4.69) is 12.2 Å². The van der Waals surface area contributed by atoms with Crippen LogP contribution in [0.4, 0.5) is 0 Å². The predicted octanol–water partition coefficient (Wildman–Crippen LogP) is 3.12. The molecule has 6 rings (SSSR count). The SMILES string of the molecule is O=S(=O)(OC1C2CC3CC(C2)CC1C3)C1CC2C=CC1C2. The van der Waals surface area contributed by atoms with Gasteiger partial charge in [-0.25, -0.2) is 0 Å². The summed E-state index contributed by atoms with van der Waals surface area (Å²) in [6.45, 7) is 0. The highest BCUT2D eigenvalue weighted by molar-refractivity contribution is 7.87. The molecule has 3 atom stereocenters. The average Bonchev–Trinajstić information content (AvgIpc) is 3.05. The lowest BCUT2D eigenvalue weighted by molar-refractivity contribution is -0.0769. The second kappa shape index (κ2) is 4.35. The molecule has 0 heterocycles. The van der Waals surface area contributed by atoms with Crippen LogP contribution in [0.3, 0.4) is 0 Å². The summed E-state index contributed by atoms with van der Waals surface area (Å²) < 4.78 is 31.4. The zero-order chi connectivity index (χ0) is 14.2. The van der Waals surface area contributed by atoms with E-state index in [1.165, 1.54) is 32.1 Å². The summed E-state index contributed by atoms with van der Waals surface area (Å²) in [5.41, 5.74) is 0. The Hall–Kier alpha value is -0.350. The van der Waals surface area contributed by atoms with Crippen LogP contribution in [0.15, 0.2) is 12.2 Å². The fourth-order valence-electron chi connectivity index (χ4n) is 6.32. The Kier molecular flexibility index (Phi) is 2.72. The van der Waals surface area contributed by atoms with Gasteiger partial charge in [0.1, 0.15) is 0 Å². The van der Waals surface area contributed by atoms with Gasteiger partial charge in [0.2, 0.25) is 0 Å². The Labute approximate surface area is 127 Å². The maximum atomic E-state index is 12.8. The molecule has 0 aromatic rings. The van der Waals surface area contributed by atoms with Crippen LogP contribution in [0.2, 0.25) is 0 Å². The fourth-order valence-corrected chi connectivity index (χ4v) is 8.20. The van der Waals surface area contributed by atoms with E-state index in [1.54, 1.807) is 0 Å². The van der Waals surface area contributed by atoms with Gasteiger partial charge in [0.05, 0.1) is 11.4 Å². The second-order valence-electron chi connectivity index (χ2n) is 8.30. The Bertz CT molecular complexity index is 551. The highest BCUT2D eigenvalue weighted by Gasteiger charge is 2.52. The first-order chi connectivity index (χ1) is 10.1. The largest absolute Gasteiger partial charge is 0.271 e. The molecular weight excluding hydrogens is 284 g/mol. The highest BCUT2D eigenvalue weighted by atomic mass is 32.2. The molecule has 0 aliphatic heterocycles. The van der Waals surface area contributed by atoms with E-state index in [1.807, 2.05) is 0 Å². The topological polar surface area (TPSA) is 43.4 Å². The van der Waals surface area contributed by atoms with Crippen molar-refractivity contribution in [1.29, 1.82) is 0 Å². The van der Waals surface area contributed by atoms with Crippen LogP contribution in [-0.2, 0) is 14.3 Å².